The van der Waals surface area contributed by atoms with Gasteiger partial charge >= 0.3 is 0 Å². The van der Waals surface area contributed by atoms with Crippen LogP contribution in [0.4, 0.5) is 0 Å². The van der Waals surface area contributed by atoms with Crippen molar-refractivity contribution >= 4 is 0 Å². The van der Waals surface area contributed by atoms with Crippen LogP contribution in [0, 0.1) is 41.4 Å². The minimum atomic E-state index is 0.911. The van der Waals surface area contributed by atoms with Gasteiger partial charge in [0.2, 0.25) is 0 Å². The summed E-state index contributed by atoms with van der Waals surface area (Å²) in [5, 5.41) is 0. The van der Waals surface area contributed by atoms with Crippen molar-refractivity contribution in [3.8, 4) is 0 Å². The molecule has 0 radical (unpaired) electrons. The van der Waals surface area contributed by atoms with E-state index in [1.54, 1.807) is 25.7 Å². The standard InChI is InChI=1S/C15H24O/c1-2-16-8-12-6-11-7-13(12)15-10-4-3-9(5-10)14(11)15/h9-15H,2-8H2,1H3. The van der Waals surface area contributed by atoms with Crippen LogP contribution in [0.1, 0.15) is 39.0 Å². The molecule has 1 heteroatoms. The third-order valence-electron chi connectivity index (χ3n) is 6.41. The van der Waals surface area contributed by atoms with Crippen molar-refractivity contribution < 1.29 is 4.74 Å². The first-order valence-corrected chi connectivity index (χ1v) is 7.46. The van der Waals surface area contributed by atoms with Crippen molar-refractivity contribution in [3.05, 3.63) is 0 Å². The maximum absolute atomic E-state index is 5.70. The molecule has 0 aromatic rings. The van der Waals surface area contributed by atoms with E-state index in [2.05, 4.69) is 6.92 Å². The third kappa shape index (κ3) is 1.16. The van der Waals surface area contributed by atoms with Gasteiger partial charge in [0, 0.05) is 13.2 Å². The summed E-state index contributed by atoms with van der Waals surface area (Å²) in [6, 6.07) is 0. The summed E-state index contributed by atoms with van der Waals surface area (Å²) in [7, 11) is 0. The predicted octanol–water partition coefficient (Wildman–Crippen LogP) is 3.34. The zero-order valence-electron chi connectivity index (χ0n) is 10.4. The molecule has 0 aromatic carbocycles. The molecule has 16 heavy (non-hydrogen) atoms. The van der Waals surface area contributed by atoms with Crippen LogP contribution in [-0.4, -0.2) is 13.2 Å². The van der Waals surface area contributed by atoms with Gasteiger partial charge in [-0.25, -0.2) is 0 Å². The number of ether oxygens (including phenoxy) is 1. The Morgan fingerprint density at radius 3 is 2.56 bits per heavy atom. The third-order valence-corrected chi connectivity index (χ3v) is 6.41. The lowest BCUT2D eigenvalue weighted by Crippen LogP contribution is -2.34. The summed E-state index contributed by atoms with van der Waals surface area (Å²) >= 11 is 0. The molecule has 0 aliphatic heterocycles. The fourth-order valence-electron chi connectivity index (χ4n) is 6.16. The highest BCUT2D eigenvalue weighted by Crippen LogP contribution is 2.68. The van der Waals surface area contributed by atoms with Crippen molar-refractivity contribution in [2.45, 2.75) is 39.0 Å². The van der Waals surface area contributed by atoms with Gasteiger partial charge < -0.3 is 4.74 Å². The molecule has 7 unspecified atom stereocenters. The average molecular weight is 220 g/mol. The Morgan fingerprint density at radius 1 is 0.938 bits per heavy atom. The first-order chi connectivity index (χ1) is 7.88. The van der Waals surface area contributed by atoms with E-state index in [4.69, 9.17) is 4.74 Å². The molecule has 4 rings (SSSR count). The van der Waals surface area contributed by atoms with Crippen LogP contribution in [0.5, 0.6) is 0 Å². The Bertz CT molecular complexity index is 287. The van der Waals surface area contributed by atoms with Crippen LogP contribution in [0.3, 0.4) is 0 Å². The fraction of sp³-hybridized carbons (Fsp3) is 1.00. The molecular formula is C15H24O. The molecule has 4 fully saturated rings. The molecule has 4 aliphatic carbocycles. The SMILES string of the molecule is CCOCC1CC2CC1C1C3CCC(C3)C21. The van der Waals surface area contributed by atoms with Gasteiger partial charge in [-0.15, -0.1) is 0 Å². The molecule has 0 spiro atoms. The van der Waals surface area contributed by atoms with Crippen LogP contribution >= 0.6 is 0 Å². The van der Waals surface area contributed by atoms with Gasteiger partial charge in [0.05, 0.1) is 0 Å². The van der Waals surface area contributed by atoms with E-state index in [9.17, 15) is 0 Å². The lowest BCUT2D eigenvalue weighted by atomic mass is 9.68. The van der Waals surface area contributed by atoms with Crippen LogP contribution in [-0.2, 0) is 4.74 Å². The van der Waals surface area contributed by atoms with Gasteiger partial charge in [-0.05, 0) is 80.5 Å². The second kappa shape index (κ2) is 3.48. The molecule has 4 saturated carbocycles. The lowest BCUT2D eigenvalue weighted by Gasteiger charge is -2.38. The maximum Gasteiger partial charge on any atom is 0.0496 e. The highest BCUT2D eigenvalue weighted by atomic mass is 16.5. The first kappa shape index (κ1) is 9.94. The number of rotatable bonds is 3. The fourth-order valence-corrected chi connectivity index (χ4v) is 6.16. The lowest BCUT2D eigenvalue weighted by molar-refractivity contribution is 0.0382. The van der Waals surface area contributed by atoms with Crippen LogP contribution in [0.15, 0.2) is 0 Å². The molecule has 0 amide bonds. The van der Waals surface area contributed by atoms with E-state index in [-0.39, 0.29) is 0 Å². The van der Waals surface area contributed by atoms with E-state index in [1.807, 2.05) is 0 Å². The molecule has 4 aliphatic rings. The van der Waals surface area contributed by atoms with E-state index < -0.39 is 0 Å². The normalized spacial score (nSPS) is 57.2. The molecular weight excluding hydrogens is 196 g/mol. The van der Waals surface area contributed by atoms with Gasteiger partial charge in [-0.2, -0.15) is 0 Å². The summed E-state index contributed by atoms with van der Waals surface area (Å²) in [6.45, 7) is 4.11. The molecule has 7 atom stereocenters. The topological polar surface area (TPSA) is 9.23 Å². The Morgan fingerprint density at radius 2 is 1.75 bits per heavy atom. The first-order valence-electron chi connectivity index (χ1n) is 7.46. The number of fused-ring (bicyclic) bond motifs is 9. The Balaban J connectivity index is 1.52. The van der Waals surface area contributed by atoms with Crippen molar-refractivity contribution in [1.29, 1.82) is 0 Å². The summed E-state index contributed by atoms with van der Waals surface area (Å²) < 4.78 is 5.70. The summed E-state index contributed by atoms with van der Waals surface area (Å²) in [4.78, 5) is 0. The molecule has 1 nitrogen and oxygen atoms in total. The van der Waals surface area contributed by atoms with E-state index >= 15 is 0 Å². The van der Waals surface area contributed by atoms with Crippen LogP contribution in [0.2, 0.25) is 0 Å². The van der Waals surface area contributed by atoms with Crippen molar-refractivity contribution in [2.24, 2.45) is 41.4 Å². The molecule has 0 saturated heterocycles. The molecule has 0 heterocycles. The zero-order valence-corrected chi connectivity index (χ0v) is 10.4. The quantitative estimate of drug-likeness (QED) is 0.663. The largest absolute Gasteiger partial charge is 0.381 e. The molecule has 4 bridgehead atoms. The van der Waals surface area contributed by atoms with E-state index in [0.29, 0.717) is 0 Å². The number of hydrogen-bond donors (Lipinski definition) is 0. The average Bonchev–Trinajstić information content (AvgIpc) is 3.02. The molecule has 90 valence electrons. The Hall–Kier alpha value is -0.0400. The highest BCUT2D eigenvalue weighted by Gasteiger charge is 2.61. The molecule has 0 N–H and O–H groups in total. The van der Waals surface area contributed by atoms with Gasteiger partial charge in [0.15, 0.2) is 0 Å². The number of hydrogen-bond acceptors (Lipinski definition) is 1. The van der Waals surface area contributed by atoms with Crippen molar-refractivity contribution in [2.75, 3.05) is 13.2 Å². The minimum absolute atomic E-state index is 0.911. The van der Waals surface area contributed by atoms with Crippen molar-refractivity contribution in [3.63, 3.8) is 0 Å². The molecule has 0 aromatic heterocycles. The second-order valence-corrected chi connectivity index (χ2v) is 6.80. The summed E-state index contributed by atoms with van der Waals surface area (Å²) in [5.74, 6) is 7.70. The monoisotopic (exact) mass is 220 g/mol. The summed E-state index contributed by atoms with van der Waals surface area (Å²) in [6.07, 6.45) is 7.82. The maximum atomic E-state index is 5.70. The second-order valence-electron chi connectivity index (χ2n) is 6.80. The Kier molecular flexibility index (Phi) is 2.16. The van der Waals surface area contributed by atoms with Gasteiger partial charge in [-0.3, -0.25) is 0 Å². The summed E-state index contributed by atoms with van der Waals surface area (Å²) in [5.41, 5.74) is 0. The van der Waals surface area contributed by atoms with Crippen molar-refractivity contribution in [1.82, 2.24) is 0 Å². The van der Waals surface area contributed by atoms with Crippen LogP contribution in [0.25, 0.3) is 0 Å². The highest BCUT2D eigenvalue weighted by molar-refractivity contribution is 5.10. The van der Waals surface area contributed by atoms with Gasteiger partial charge in [0.25, 0.3) is 0 Å². The van der Waals surface area contributed by atoms with E-state index in [1.165, 1.54) is 12.3 Å². The van der Waals surface area contributed by atoms with Gasteiger partial charge in [0.1, 0.15) is 0 Å². The zero-order chi connectivity index (χ0) is 10.7. The smallest absolute Gasteiger partial charge is 0.0496 e. The predicted molar refractivity (Wildman–Crippen MR) is 64.0 cm³/mol. The minimum Gasteiger partial charge on any atom is -0.381 e. The van der Waals surface area contributed by atoms with Gasteiger partial charge in [-0.1, -0.05) is 0 Å². The van der Waals surface area contributed by atoms with E-state index in [0.717, 1.165) is 48.7 Å². The Labute approximate surface area is 98.9 Å². The van der Waals surface area contributed by atoms with Crippen LogP contribution < -0.4 is 0 Å².